The first-order chi connectivity index (χ1) is 52.4. The number of aromatic nitrogens is 1. The van der Waals surface area contributed by atoms with Crippen molar-refractivity contribution in [3.8, 4) is 0 Å². The van der Waals surface area contributed by atoms with Crippen LogP contribution in [-0.4, -0.2) is 258 Å². The van der Waals surface area contributed by atoms with Crippen LogP contribution in [-0.2, 0) is 94.3 Å². The summed E-state index contributed by atoms with van der Waals surface area (Å²) >= 11 is 1.16. The lowest BCUT2D eigenvalue weighted by Gasteiger charge is -2.29. The summed E-state index contributed by atoms with van der Waals surface area (Å²) in [6.07, 6.45) is -6.30. The Kier molecular flexibility index (Phi) is 41.3. The number of amides is 13. The minimum absolute atomic E-state index is 0.0238. The van der Waals surface area contributed by atoms with Crippen molar-refractivity contribution >= 4 is 123 Å². The van der Waals surface area contributed by atoms with Crippen molar-refractivity contribution in [3.63, 3.8) is 0 Å². The standard InChI is InChI=1S/C70H104N16O24S/c1-35(2)29-49(82-68(107)51(34-87)84-59(98)41(72)30-38-13-7-6-8-14-38)60(99)75-33-53(91)76-44(19-23-54(92)93)61(100)83-50(31-39-32-74-42-16-10-9-15-40(39)42)67(106)77-43(17-11-12-27-71)65(104)85-57(36(3)88)69(108)81-45(18-22-52(73)90)62(101)80-48(26-28-111-5)64(103)78-46(20-24-55(94)95)63(102)79-47(21-25-56(96)97)66(105)86-58(37(4)89)70(109)110/h6-10,13-16,32,35-37,41,43-51,57-58,74,87-89H,11-12,17-31,33-34,71-72H2,1-5H3,(H2,73,90)(H,75,99)(H,76,91)(H,77,106)(H,78,103)(H,79,102)(H,80,101)(H,81,108)(H,82,107)(H,83,100)(H,84,98)(H,85,104)(H,86,105)(H,92,93)(H,94,95)(H,96,97)(H,109,110)/t36-,37-,41+,43+,44+,45+,46+,47+,48+,49+,50+,51+,57+,58+/m1/s1. The van der Waals surface area contributed by atoms with Gasteiger partial charge in [0.05, 0.1) is 31.4 Å². The van der Waals surface area contributed by atoms with Gasteiger partial charge in [-0.15, -0.1) is 0 Å². The molecule has 0 bridgehead atoms. The van der Waals surface area contributed by atoms with Gasteiger partial charge in [-0.1, -0.05) is 62.4 Å². The Labute approximate surface area is 642 Å². The number of thioether (sulfide) groups is 1. The zero-order chi connectivity index (χ0) is 83.2. The third-order valence-electron chi connectivity index (χ3n) is 17.0. The van der Waals surface area contributed by atoms with Crippen LogP contribution in [0, 0.1) is 5.92 Å². The van der Waals surface area contributed by atoms with E-state index in [4.69, 9.17) is 17.2 Å². The first kappa shape index (κ1) is 94.3. The first-order valence-corrected chi connectivity index (χ1v) is 37.1. The Bertz CT molecular complexity index is 3700. The summed E-state index contributed by atoms with van der Waals surface area (Å²) in [5.74, 6) is -20.6. The number of para-hydroxylation sites is 1. The Balaban J connectivity index is 1.95. The summed E-state index contributed by atoms with van der Waals surface area (Å²) in [6.45, 7) is 3.82. The zero-order valence-corrected chi connectivity index (χ0v) is 62.9. The van der Waals surface area contributed by atoms with Crippen molar-refractivity contribution in [1.82, 2.24) is 68.8 Å². The highest BCUT2D eigenvalue weighted by Crippen LogP contribution is 2.21. The van der Waals surface area contributed by atoms with E-state index in [1.807, 2.05) is 5.32 Å². The number of carboxylic acid groups (broad SMARTS) is 4. The van der Waals surface area contributed by atoms with Crippen molar-refractivity contribution in [2.75, 3.05) is 31.7 Å². The zero-order valence-electron chi connectivity index (χ0n) is 62.1. The van der Waals surface area contributed by atoms with Crippen LogP contribution in [0.2, 0.25) is 0 Å². The fourth-order valence-corrected chi connectivity index (χ4v) is 11.5. The molecular formula is C70H104N16O24S. The van der Waals surface area contributed by atoms with Gasteiger partial charge in [0.2, 0.25) is 76.8 Å². The van der Waals surface area contributed by atoms with Gasteiger partial charge in [-0.05, 0) is 120 Å². The molecule has 0 saturated carbocycles. The van der Waals surface area contributed by atoms with Crippen LogP contribution in [0.1, 0.15) is 122 Å². The number of aliphatic hydroxyl groups excluding tert-OH is 3. The molecule has 3 aromatic rings. The number of nitrogens with two attached hydrogens (primary N) is 3. The van der Waals surface area contributed by atoms with E-state index in [9.17, 15) is 117 Å². The number of fused-ring (bicyclic) bond motifs is 1. The second-order valence-corrected chi connectivity index (χ2v) is 27.6. The van der Waals surface area contributed by atoms with Crippen LogP contribution in [0.3, 0.4) is 0 Å². The van der Waals surface area contributed by atoms with Crippen molar-refractivity contribution < 1.29 is 117 Å². The largest absolute Gasteiger partial charge is 0.481 e. The van der Waals surface area contributed by atoms with Gasteiger partial charge in [-0.25, -0.2) is 4.79 Å². The molecule has 0 aliphatic carbocycles. The van der Waals surface area contributed by atoms with E-state index in [1.54, 1.807) is 74.7 Å². The summed E-state index contributed by atoms with van der Waals surface area (Å²) in [5.41, 5.74) is 19.1. The number of benzene rings is 2. The molecule has 614 valence electrons. The lowest BCUT2D eigenvalue weighted by molar-refractivity contribution is -0.145. The number of nitrogens with one attached hydrogen (secondary N) is 13. The molecule has 0 radical (unpaired) electrons. The van der Waals surface area contributed by atoms with Crippen molar-refractivity contribution in [3.05, 3.63) is 71.9 Å². The van der Waals surface area contributed by atoms with E-state index < -0.39 is 250 Å². The molecule has 2 aromatic carbocycles. The summed E-state index contributed by atoms with van der Waals surface area (Å²) in [7, 11) is 0. The molecule has 0 unspecified atom stereocenters. The average molecular weight is 1590 g/mol. The van der Waals surface area contributed by atoms with Gasteiger partial charge in [-0.3, -0.25) is 76.7 Å². The van der Waals surface area contributed by atoms with Gasteiger partial charge in [-0.2, -0.15) is 11.8 Å². The number of aliphatic carboxylic acids is 4. The number of hydrogen-bond acceptors (Lipinski definition) is 23. The molecule has 1 aromatic heterocycles. The summed E-state index contributed by atoms with van der Waals surface area (Å²) in [4.78, 5) is 230. The molecule has 41 heteroatoms. The topological polar surface area (TPSA) is 670 Å². The monoisotopic (exact) mass is 1580 g/mol. The fraction of sp³-hybridized carbons (Fsp3) is 0.557. The van der Waals surface area contributed by atoms with E-state index in [1.165, 1.54) is 6.20 Å². The quantitative estimate of drug-likeness (QED) is 0.0234. The molecule has 0 aliphatic heterocycles. The minimum Gasteiger partial charge on any atom is -0.481 e. The number of aliphatic hydroxyl groups is 3. The Hall–Kier alpha value is -10.9. The Morgan fingerprint density at radius 2 is 0.883 bits per heavy atom. The molecule has 0 saturated heterocycles. The van der Waals surface area contributed by atoms with Crippen molar-refractivity contribution in [2.24, 2.45) is 23.1 Å². The molecule has 13 amide bonds. The molecule has 0 aliphatic rings. The van der Waals surface area contributed by atoms with Gasteiger partial charge >= 0.3 is 23.9 Å². The van der Waals surface area contributed by atoms with Gasteiger partial charge in [0, 0.05) is 49.2 Å². The number of primary amides is 1. The third kappa shape index (κ3) is 34.3. The number of aromatic amines is 1. The SMILES string of the molecule is CSCC[C@H](NC(=O)[C@H](CCC(N)=O)NC(=O)[C@@H](NC(=O)[C@H](CCCCN)NC(=O)[C@H](Cc1c[nH]c2ccccc12)NC(=O)[C@H](CCC(=O)O)NC(=O)CNC(=O)[C@H](CC(C)C)NC(=O)[C@H](CO)NC(=O)[C@@H](N)Cc1ccccc1)[C@@H](C)O)C(=O)N[C@@H](CCC(=O)O)C(=O)N[C@@H](CCC(=O)O)C(=O)N[C@H](C(=O)O)[C@@H](C)O. The number of carbonyl (C=O) groups excluding carboxylic acids is 13. The maximum absolute atomic E-state index is 14.9. The maximum Gasteiger partial charge on any atom is 0.328 e. The van der Waals surface area contributed by atoms with E-state index in [0.29, 0.717) is 16.5 Å². The van der Waals surface area contributed by atoms with Crippen LogP contribution in [0.15, 0.2) is 60.8 Å². The number of unbranched alkanes of at least 4 members (excludes halogenated alkanes) is 1. The summed E-state index contributed by atoms with van der Waals surface area (Å²) in [5, 5.41) is 98.2. The maximum atomic E-state index is 14.9. The van der Waals surface area contributed by atoms with Crippen LogP contribution >= 0.6 is 11.8 Å². The molecule has 14 atom stereocenters. The molecule has 0 spiro atoms. The van der Waals surface area contributed by atoms with Crippen molar-refractivity contribution in [2.45, 2.75) is 209 Å². The van der Waals surface area contributed by atoms with Crippen LogP contribution < -0.4 is 81.0 Å². The Morgan fingerprint density at radius 3 is 1.36 bits per heavy atom. The van der Waals surface area contributed by atoms with Gasteiger partial charge in [0.1, 0.15) is 60.4 Å². The normalized spacial score (nSPS) is 14.9. The first-order valence-electron chi connectivity index (χ1n) is 35.7. The summed E-state index contributed by atoms with van der Waals surface area (Å²) in [6, 6.07) is -4.80. The van der Waals surface area contributed by atoms with E-state index in [0.717, 1.165) is 31.2 Å². The van der Waals surface area contributed by atoms with Crippen LogP contribution in [0.4, 0.5) is 0 Å². The summed E-state index contributed by atoms with van der Waals surface area (Å²) < 4.78 is 0. The van der Waals surface area contributed by atoms with Gasteiger partial charge in [0.15, 0.2) is 6.04 Å². The molecule has 3 rings (SSSR count). The molecule has 40 nitrogen and oxygen atoms in total. The molecule has 1 heterocycles. The smallest absolute Gasteiger partial charge is 0.328 e. The number of carbonyl (C=O) groups is 17. The van der Waals surface area contributed by atoms with E-state index >= 15 is 0 Å². The third-order valence-corrected chi connectivity index (χ3v) is 17.7. The van der Waals surface area contributed by atoms with Gasteiger partial charge < -0.3 is 122 Å². The minimum atomic E-state index is -2.01. The van der Waals surface area contributed by atoms with E-state index in [-0.39, 0.29) is 63.2 Å². The Morgan fingerprint density at radius 1 is 0.459 bits per heavy atom. The second kappa shape index (κ2) is 48.6. The molecule has 26 N–H and O–H groups in total. The van der Waals surface area contributed by atoms with Crippen LogP contribution in [0.25, 0.3) is 10.9 Å². The highest BCUT2D eigenvalue weighted by molar-refractivity contribution is 7.98. The number of rotatable bonds is 53. The molecular weight excluding hydrogens is 1480 g/mol. The lowest BCUT2D eigenvalue weighted by atomic mass is 10.0. The molecule has 0 fully saturated rings. The van der Waals surface area contributed by atoms with E-state index in [2.05, 4.69) is 63.5 Å². The fourth-order valence-electron chi connectivity index (χ4n) is 11.0. The lowest BCUT2D eigenvalue weighted by Crippen LogP contribution is -2.62. The second-order valence-electron chi connectivity index (χ2n) is 26.7. The number of H-pyrrole nitrogens is 1. The average Bonchev–Trinajstić information content (AvgIpc) is 1.71. The number of hydrogen-bond donors (Lipinski definition) is 23. The van der Waals surface area contributed by atoms with Gasteiger partial charge in [0.25, 0.3) is 0 Å². The number of carboxylic acids is 4. The van der Waals surface area contributed by atoms with Crippen molar-refractivity contribution in [1.29, 1.82) is 0 Å². The molecule has 111 heavy (non-hydrogen) atoms. The van der Waals surface area contributed by atoms with Crippen LogP contribution in [0.5, 0.6) is 0 Å². The predicted octanol–water partition coefficient (Wildman–Crippen LogP) is -5.64. The highest BCUT2D eigenvalue weighted by atomic mass is 32.2. The predicted molar refractivity (Wildman–Crippen MR) is 397 cm³/mol. The highest BCUT2D eigenvalue weighted by Gasteiger charge is 2.39.